The van der Waals surface area contributed by atoms with E-state index in [4.69, 9.17) is 4.74 Å². The standard InChI is InChI=1S/C22H19N3O3S/c1-3-28-22(27)16-8-5-9-18(11-16)24-19(26)13-29-21-17(12-23)10-15-7-4-6-14(2)20(15)25-21/h4-11H,3,13H2,1-2H3,(H,24,26). The van der Waals surface area contributed by atoms with Gasteiger partial charge in [0.2, 0.25) is 5.91 Å². The highest BCUT2D eigenvalue weighted by molar-refractivity contribution is 8.00. The van der Waals surface area contributed by atoms with Gasteiger partial charge in [-0.2, -0.15) is 5.26 Å². The van der Waals surface area contributed by atoms with Gasteiger partial charge in [0.05, 0.1) is 29.0 Å². The van der Waals surface area contributed by atoms with Crippen LogP contribution in [0, 0.1) is 18.3 Å². The Morgan fingerprint density at radius 2 is 2.00 bits per heavy atom. The molecule has 29 heavy (non-hydrogen) atoms. The number of nitrogens with one attached hydrogen (secondary N) is 1. The average Bonchev–Trinajstić information content (AvgIpc) is 2.72. The predicted octanol–water partition coefficient (Wildman–Crippen LogP) is 4.32. The first-order valence-corrected chi connectivity index (χ1v) is 10.0. The molecular weight excluding hydrogens is 386 g/mol. The van der Waals surface area contributed by atoms with Gasteiger partial charge in [0.15, 0.2) is 0 Å². The van der Waals surface area contributed by atoms with Crippen molar-refractivity contribution in [3.05, 3.63) is 65.2 Å². The van der Waals surface area contributed by atoms with Gasteiger partial charge >= 0.3 is 5.97 Å². The maximum atomic E-state index is 12.4. The normalized spacial score (nSPS) is 10.4. The van der Waals surface area contributed by atoms with Gasteiger partial charge in [0.1, 0.15) is 11.1 Å². The Hall–Kier alpha value is -3.37. The summed E-state index contributed by atoms with van der Waals surface area (Å²) >= 11 is 1.20. The van der Waals surface area contributed by atoms with Crippen LogP contribution in [0.3, 0.4) is 0 Å². The summed E-state index contributed by atoms with van der Waals surface area (Å²) in [5.74, 6) is -0.609. The third-order valence-corrected chi connectivity index (χ3v) is 5.12. The summed E-state index contributed by atoms with van der Waals surface area (Å²) in [5, 5.41) is 13.6. The van der Waals surface area contributed by atoms with Gasteiger partial charge in [-0.05, 0) is 43.7 Å². The molecule has 1 heterocycles. The van der Waals surface area contributed by atoms with E-state index in [-0.39, 0.29) is 18.3 Å². The number of thioether (sulfide) groups is 1. The summed E-state index contributed by atoms with van der Waals surface area (Å²) in [6.45, 7) is 3.98. The largest absolute Gasteiger partial charge is 0.462 e. The van der Waals surface area contributed by atoms with Crippen molar-refractivity contribution in [2.75, 3.05) is 17.7 Å². The molecule has 0 aliphatic carbocycles. The van der Waals surface area contributed by atoms with Crippen LogP contribution in [0.25, 0.3) is 10.9 Å². The second-order valence-corrected chi connectivity index (χ2v) is 7.20. The number of hydrogen-bond acceptors (Lipinski definition) is 6. The molecule has 0 radical (unpaired) electrons. The summed E-state index contributed by atoms with van der Waals surface area (Å²) in [5.41, 5.74) is 3.13. The number of aromatic nitrogens is 1. The Morgan fingerprint density at radius 3 is 2.76 bits per heavy atom. The Bertz CT molecular complexity index is 1120. The molecule has 1 N–H and O–H groups in total. The Morgan fingerprint density at radius 1 is 1.21 bits per heavy atom. The molecule has 146 valence electrons. The molecule has 3 aromatic rings. The van der Waals surface area contributed by atoms with Crippen molar-refractivity contribution in [2.45, 2.75) is 18.9 Å². The zero-order valence-electron chi connectivity index (χ0n) is 16.1. The highest BCUT2D eigenvalue weighted by Gasteiger charge is 2.12. The number of aryl methyl sites for hydroxylation is 1. The minimum Gasteiger partial charge on any atom is -0.462 e. The van der Waals surface area contributed by atoms with Crippen LogP contribution in [0.15, 0.2) is 53.6 Å². The molecule has 0 atom stereocenters. The lowest BCUT2D eigenvalue weighted by Crippen LogP contribution is -2.15. The molecule has 0 aliphatic heterocycles. The first-order chi connectivity index (χ1) is 14.0. The third kappa shape index (κ3) is 4.92. The zero-order valence-corrected chi connectivity index (χ0v) is 16.9. The molecule has 7 heteroatoms. The van der Waals surface area contributed by atoms with E-state index in [1.807, 2.05) is 25.1 Å². The number of fused-ring (bicyclic) bond motifs is 1. The highest BCUT2D eigenvalue weighted by Crippen LogP contribution is 2.26. The molecule has 1 aromatic heterocycles. The number of nitriles is 1. The number of anilines is 1. The lowest BCUT2D eigenvalue weighted by atomic mass is 10.1. The van der Waals surface area contributed by atoms with E-state index in [9.17, 15) is 14.9 Å². The van der Waals surface area contributed by atoms with Crippen molar-refractivity contribution < 1.29 is 14.3 Å². The number of hydrogen-bond donors (Lipinski definition) is 1. The van der Waals surface area contributed by atoms with E-state index in [0.29, 0.717) is 21.8 Å². The third-order valence-electron chi connectivity index (χ3n) is 4.13. The maximum Gasteiger partial charge on any atom is 0.338 e. The number of nitrogens with zero attached hydrogens (tertiary/aromatic N) is 2. The van der Waals surface area contributed by atoms with Gasteiger partial charge in [-0.3, -0.25) is 4.79 Å². The number of ether oxygens (including phenoxy) is 1. The Labute approximate surface area is 172 Å². The summed E-state index contributed by atoms with van der Waals surface area (Å²) < 4.78 is 4.97. The summed E-state index contributed by atoms with van der Waals surface area (Å²) in [6, 6.07) is 16.3. The second kappa shape index (κ2) is 9.22. The van der Waals surface area contributed by atoms with E-state index in [0.717, 1.165) is 16.5 Å². The van der Waals surface area contributed by atoms with Crippen molar-refractivity contribution in [1.82, 2.24) is 4.98 Å². The monoisotopic (exact) mass is 405 g/mol. The van der Waals surface area contributed by atoms with Gasteiger partial charge in [0.25, 0.3) is 0 Å². The number of amides is 1. The van der Waals surface area contributed by atoms with E-state index >= 15 is 0 Å². The van der Waals surface area contributed by atoms with Crippen molar-refractivity contribution in [2.24, 2.45) is 0 Å². The maximum absolute atomic E-state index is 12.4. The minimum absolute atomic E-state index is 0.0860. The number of para-hydroxylation sites is 1. The first-order valence-electron chi connectivity index (χ1n) is 9.02. The Kier molecular flexibility index (Phi) is 6.47. The molecule has 0 saturated carbocycles. The molecule has 0 fully saturated rings. The van der Waals surface area contributed by atoms with Crippen LogP contribution in [-0.2, 0) is 9.53 Å². The predicted molar refractivity (Wildman–Crippen MR) is 113 cm³/mol. The van der Waals surface area contributed by atoms with Crippen molar-refractivity contribution >= 4 is 40.2 Å². The van der Waals surface area contributed by atoms with Gasteiger partial charge in [-0.25, -0.2) is 9.78 Å². The molecule has 2 aromatic carbocycles. The molecular formula is C22H19N3O3S. The van der Waals surface area contributed by atoms with Crippen molar-refractivity contribution in [3.63, 3.8) is 0 Å². The number of carbonyl (C=O) groups is 2. The lowest BCUT2D eigenvalue weighted by molar-refractivity contribution is -0.113. The number of carbonyl (C=O) groups excluding carboxylic acids is 2. The fourth-order valence-electron chi connectivity index (χ4n) is 2.79. The summed E-state index contributed by atoms with van der Waals surface area (Å²) in [6.07, 6.45) is 0. The van der Waals surface area contributed by atoms with Crippen LogP contribution in [0.2, 0.25) is 0 Å². The number of pyridine rings is 1. The number of esters is 1. The summed E-state index contributed by atoms with van der Waals surface area (Å²) in [7, 11) is 0. The van der Waals surface area contributed by atoms with Crippen molar-refractivity contribution in [1.29, 1.82) is 5.26 Å². The van der Waals surface area contributed by atoms with E-state index in [1.165, 1.54) is 11.8 Å². The average molecular weight is 405 g/mol. The Balaban J connectivity index is 1.71. The van der Waals surface area contributed by atoms with Gasteiger partial charge in [-0.1, -0.05) is 36.0 Å². The topological polar surface area (TPSA) is 92.1 Å². The van der Waals surface area contributed by atoms with Crippen molar-refractivity contribution in [3.8, 4) is 6.07 Å². The zero-order chi connectivity index (χ0) is 20.8. The van der Waals surface area contributed by atoms with Gasteiger partial charge < -0.3 is 10.1 Å². The minimum atomic E-state index is -0.438. The molecule has 0 unspecified atom stereocenters. The van der Waals surface area contributed by atoms with Crippen LogP contribution >= 0.6 is 11.8 Å². The molecule has 3 rings (SSSR count). The quantitative estimate of drug-likeness (QED) is 0.485. The van der Waals surface area contributed by atoms with E-state index in [1.54, 1.807) is 37.3 Å². The highest BCUT2D eigenvalue weighted by atomic mass is 32.2. The molecule has 0 bridgehead atoms. The van der Waals surface area contributed by atoms with E-state index in [2.05, 4.69) is 16.4 Å². The van der Waals surface area contributed by atoms with E-state index < -0.39 is 5.97 Å². The van der Waals surface area contributed by atoms with Crippen LogP contribution in [0.4, 0.5) is 5.69 Å². The van der Waals surface area contributed by atoms with Crippen LogP contribution < -0.4 is 5.32 Å². The van der Waals surface area contributed by atoms with Crippen LogP contribution in [-0.4, -0.2) is 29.2 Å². The van der Waals surface area contributed by atoms with Crippen LogP contribution in [0.1, 0.15) is 28.4 Å². The molecule has 0 saturated heterocycles. The number of rotatable bonds is 6. The second-order valence-electron chi connectivity index (χ2n) is 6.24. The van der Waals surface area contributed by atoms with Gasteiger partial charge in [-0.15, -0.1) is 0 Å². The van der Waals surface area contributed by atoms with Crippen LogP contribution in [0.5, 0.6) is 0 Å². The lowest BCUT2D eigenvalue weighted by Gasteiger charge is -2.09. The smallest absolute Gasteiger partial charge is 0.338 e. The first kappa shape index (κ1) is 20.4. The fourth-order valence-corrected chi connectivity index (χ4v) is 3.55. The van der Waals surface area contributed by atoms with Gasteiger partial charge in [0, 0.05) is 11.1 Å². The fraction of sp³-hybridized carbons (Fsp3) is 0.182. The molecule has 0 spiro atoms. The number of benzene rings is 2. The molecule has 0 aliphatic rings. The molecule has 1 amide bonds. The molecule has 6 nitrogen and oxygen atoms in total. The summed E-state index contributed by atoms with van der Waals surface area (Å²) in [4.78, 5) is 28.8. The SMILES string of the molecule is CCOC(=O)c1cccc(NC(=O)CSc2nc3c(C)cccc3cc2C#N)c1.